The SMILES string of the molecule is COC(=O)c1ccc2oc3c(OC(=S)N(C)C)cc(OC(=S)N(C)C)cc3c(=O)c2c1. The molecule has 0 spiro atoms. The molecule has 0 radical (unpaired) electrons. The summed E-state index contributed by atoms with van der Waals surface area (Å²) in [6.07, 6.45) is 0. The maximum Gasteiger partial charge on any atom is 0.337 e. The molecule has 0 aliphatic heterocycles. The number of carbonyl (C=O) groups is 1. The molecule has 0 saturated carbocycles. The Kier molecular flexibility index (Phi) is 6.42. The first-order chi connectivity index (χ1) is 14.6. The average Bonchev–Trinajstić information content (AvgIpc) is 2.73. The van der Waals surface area contributed by atoms with Crippen molar-refractivity contribution in [1.29, 1.82) is 0 Å². The quantitative estimate of drug-likeness (QED) is 0.330. The van der Waals surface area contributed by atoms with Gasteiger partial charge in [0.25, 0.3) is 10.3 Å². The Morgan fingerprint density at radius 3 is 2.19 bits per heavy atom. The zero-order valence-corrected chi connectivity index (χ0v) is 19.2. The summed E-state index contributed by atoms with van der Waals surface area (Å²) in [5.74, 6) is -0.0857. The third kappa shape index (κ3) is 4.59. The van der Waals surface area contributed by atoms with E-state index in [-0.39, 0.29) is 54.8 Å². The summed E-state index contributed by atoms with van der Waals surface area (Å²) in [6.45, 7) is 0. The Balaban J connectivity index is 2.28. The standard InChI is InChI=1S/C21H20N2O6S2/c1-22(2)20(30)27-12-9-14-17(24)13-8-11(19(25)26-5)6-7-15(13)28-18(14)16(10-12)29-21(31)23(3)4/h6-10H,1-5H3. The van der Waals surface area contributed by atoms with E-state index in [0.29, 0.717) is 0 Å². The number of esters is 1. The van der Waals surface area contributed by atoms with Crippen molar-refractivity contribution in [3.8, 4) is 11.5 Å². The topological polar surface area (TPSA) is 81.4 Å². The van der Waals surface area contributed by atoms with Crippen molar-refractivity contribution in [2.45, 2.75) is 0 Å². The van der Waals surface area contributed by atoms with Crippen molar-refractivity contribution < 1.29 is 23.4 Å². The molecule has 0 unspecified atom stereocenters. The monoisotopic (exact) mass is 460 g/mol. The molecule has 0 N–H and O–H groups in total. The molecular weight excluding hydrogens is 440 g/mol. The molecule has 0 amide bonds. The van der Waals surface area contributed by atoms with E-state index in [9.17, 15) is 9.59 Å². The predicted molar refractivity (Wildman–Crippen MR) is 125 cm³/mol. The Morgan fingerprint density at radius 2 is 1.58 bits per heavy atom. The van der Waals surface area contributed by atoms with Crippen LogP contribution in [0.25, 0.3) is 21.9 Å². The number of nitrogens with zero attached hydrogens (tertiary/aromatic N) is 2. The first kappa shape index (κ1) is 22.4. The fourth-order valence-corrected chi connectivity index (χ4v) is 2.85. The fourth-order valence-electron chi connectivity index (χ4n) is 2.66. The van der Waals surface area contributed by atoms with E-state index in [4.69, 9.17) is 43.1 Å². The van der Waals surface area contributed by atoms with E-state index in [0.717, 1.165) is 0 Å². The summed E-state index contributed by atoms with van der Waals surface area (Å²) in [4.78, 5) is 28.4. The molecule has 1 aromatic heterocycles. The van der Waals surface area contributed by atoms with Crippen molar-refractivity contribution in [2.24, 2.45) is 0 Å². The number of hydrogen-bond acceptors (Lipinski definition) is 8. The maximum absolute atomic E-state index is 13.3. The van der Waals surface area contributed by atoms with E-state index in [1.807, 2.05) is 0 Å². The van der Waals surface area contributed by atoms with Crippen LogP contribution in [0, 0.1) is 0 Å². The van der Waals surface area contributed by atoms with Gasteiger partial charge >= 0.3 is 5.97 Å². The van der Waals surface area contributed by atoms with Crippen LogP contribution in [0.3, 0.4) is 0 Å². The van der Waals surface area contributed by atoms with Gasteiger partial charge in [0.2, 0.25) is 5.43 Å². The highest BCUT2D eigenvalue weighted by molar-refractivity contribution is 7.80. The first-order valence-corrected chi connectivity index (χ1v) is 9.85. The lowest BCUT2D eigenvalue weighted by molar-refractivity contribution is 0.0601. The van der Waals surface area contributed by atoms with Gasteiger partial charge < -0.3 is 28.4 Å². The Labute approximate surface area is 188 Å². The second-order valence-corrected chi connectivity index (χ2v) is 7.66. The van der Waals surface area contributed by atoms with E-state index in [2.05, 4.69) is 0 Å². The molecule has 0 aliphatic rings. The van der Waals surface area contributed by atoms with Crippen LogP contribution in [0.4, 0.5) is 0 Å². The second-order valence-electron chi connectivity index (χ2n) is 6.96. The zero-order valence-electron chi connectivity index (χ0n) is 17.5. The molecule has 1 heterocycles. The van der Waals surface area contributed by atoms with E-state index in [1.54, 1.807) is 44.1 Å². The number of benzene rings is 2. The Morgan fingerprint density at radius 1 is 0.935 bits per heavy atom. The van der Waals surface area contributed by atoms with Gasteiger partial charge in [-0.1, -0.05) is 0 Å². The Bertz CT molecular complexity index is 1270. The van der Waals surface area contributed by atoms with Crippen LogP contribution in [0.1, 0.15) is 10.4 Å². The molecule has 31 heavy (non-hydrogen) atoms. The van der Waals surface area contributed by atoms with Crippen molar-refractivity contribution in [3.63, 3.8) is 0 Å². The van der Waals surface area contributed by atoms with Crippen molar-refractivity contribution in [2.75, 3.05) is 35.3 Å². The predicted octanol–water partition coefficient (Wildman–Crippen LogP) is 3.18. The molecule has 2 aromatic carbocycles. The molecule has 10 heteroatoms. The minimum absolute atomic E-state index is 0.164. The molecule has 0 bridgehead atoms. The van der Waals surface area contributed by atoms with Gasteiger partial charge in [-0.25, -0.2) is 4.79 Å². The van der Waals surface area contributed by atoms with E-state index >= 15 is 0 Å². The van der Waals surface area contributed by atoms with Gasteiger partial charge in [-0.2, -0.15) is 0 Å². The van der Waals surface area contributed by atoms with E-state index < -0.39 is 5.97 Å². The van der Waals surface area contributed by atoms with Crippen LogP contribution in [-0.4, -0.2) is 61.4 Å². The number of carbonyl (C=O) groups excluding carboxylic acids is 1. The summed E-state index contributed by atoms with van der Waals surface area (Å²) < 4.78 is 22.1. The molecule has 0 atom stereocenters. The summed E-state index contributed by atoms with van der Waals surface area (Å²) in [7, 11) is 8.19. The first-order valence-electron chi connectivity index (χ1n) is 9.03. The van der Waals surface area contributed by atoms with Crippen LogP contribution in [0.2, 0.25) is 0 Å². The van der Waals surface area contributed by atoms with Crippen molar-refractivity contribution in [3.05, 3.63) is 46.1 Å². The third-order valence-electron chi connectivity index (χ3n) is 4.26. The number of fused-ring (bicyclic) bond motifs is 2. The van der Waals surface area contributed by atoms with Crippen LogP contribution >= 0.6 is 24.4 Å². The molecule has 0 aliphatic carbocycles. The third-order valence-corrected chi connectivity index (χ3v) is 5.16. The summed E-state index contributed by atoms with van der Waals surface area (Å²) in [6, 6.07) is 7.52. The minimum Gasteiger partial charge on any atom is -0.465 e. The molecule has 8 nitrogen and oxygen atoms in total. The van der Waals surface area contributed by atoms with Crippen molar-refractivity contribution in [1.82, 2.24) is 9.80 Å². The highest BCUT2D eigenvalue weighted by atomic mass is 32.1. The largest absolute Gasteiger partial charge is 0.465 e. The lowest BCUT2D eigenvalue weighted by Gasteiger charge is -2.18. The number of rotatable bonds is 3. The van der Waals surface area contributed by atoms with Crippen LogP contribution in [-0.2, 0) is 4.74 Å². The molecule has 0 fully saturated rings. The van der Waals surface area contributed by atoms with Crippen LogP contribution in [0.15, 0.2) is 39.5 Å². The van der Waals surface area contributed by atoms with Gasteiger partial charge in [-0.15, -0.1) is 0 Å². The Hall–Kier alpha value is -3.24. The molecule has 3 aromatic rings. The molecular formula is C21H20N2O6S2. The zero-order chi connectivity index (χ0) is 22.9. The number of ether oxygens (including phenoxy) is 3. The maximum atomic E-state index is 13.3. The normalized spacial score (nSPS) is 10.6. The molecule has 162 valence electrons. The lowest BCUT2D eigenvalue weighted by atomic mass is 10.1. The van der Waals surface area contributed by atoms with Gasteiger partial charge in [0, 0.05) is 34.3 Å². The second kappa shape index (κ2) is 8.86. The molecule has 0 saturated heterocycles. The smallest absolute Gasteiger partial charge is 0.337 e. The minimum atomic E-state index is -0.560. The number of methoxy groups -OCH3 is 1. The van der Waals surface area contributed by atoms with Crippen molar-refractivity contribution >= 4 is 62.7 Å². The van der Waals surface area contributed by atoms with Crippen LogP contribution in [0.5, 0.6) is 11.5 Å². The fraction of sp³-hybridized carbons (Fsp3) is 0.238. The van der Waals surface area contributed by atoms with E-state index in [1.165, 1.54) is 31.4 Å². The average molecular weight is 461 g/mol. The summed E-state index contributed by atoms with van der Waals surface area (Å²) in [5, 5.41) is 0.755. The summed E-state index contributed by atoms with van der Waals surface area (Å²) in [5.41, 5.74) is 0.329. The number of thiocarbonyl (C=S) groups is 2. The van der Waals surface area contributed by atoms with Gasteiger partial charge in [0.15, 0.2) is 11.3 Å². The number of hydrogen-bond donors (Lipinski definition) is 0. The molecule has 3 rings (SSSR count). The van der Waals surface area contributed by atoms with Gasteiger partial charge in [-0.3, -0.25) is 4.79 Å². The lowest BCUT2D eigenvalue weighted by Crippen LogP contribution is -2.26. The highest BCUT2D eigenvalue weighted by Gasteiger charge is 2.19. The summed E-state index contributed by atoms with van der Waals surface area (Å²) >= 11 is 10.4. The van der Waals surface area contributed by atoms with Gasteiger partial charge in [0.1, 0.15) is 11.3 Å². The van der Waals surface area contributed by atoms with Crippen LogP contribution < -0.4 is 14.9 Å². The van der Waals surface area contributed by atoms with Gasteiger partial charge in [0.05, 0.1) is 23.4 Å². The van der Waals surface area contributed by atoms with Gasteiger partial charge in [-0.05, 0) is 48.7 Å². The highest BCUT2D eigenvalue weighted by Crippen LogP contribution is 2.33.